The zero-order valence-corrected chi connectivity index (χ0v) is 16.3. The van der Waals surface area contributed by atoms with Crippen LogP contribution in [0.15, 0.2) is 47.4 Å². The second-order valence-electron chi connectivity index (χ2n) is 5.92. The first-order valence-corrected chi connectivity index (χ1v) is 9.88. The summed E-state index contributed by atoms with van der Waals surface area (Å²) in [5, 5.41) is 2.88. The van der Waals surface area contributed by atoms with Gasteiger partial charge in [-0.15, -0.1) is 0 Å². The lowest BCUT2D eigenvalue weighted by Crippen LogP contribution is -2.47. The third-order valence-electron chi connectivity index (χ3n) is 3.54. The van der Waals surface area contributed by atoms with E-state index in [-0.39, 0.29) is 20.9 Å². The Morgan fingerprint density at radius 1 is 1.04 bits per heavy atom. The Labute approximate surface area is 161 Å². The molecule has 0 aliphatic carbocycles. The molecule has 0 aromatic heterocycles. The van der Waals surface area contributed by atoms with Crippen LogP contribution in [0.3, 0.4) is 0 Å². The van der Waals surface area contributed by atoms with Crippen molar-refractivity contribution in [3.8, 4) is 0 Å². The van der Waals surface area contributed by atoms with Crippen LogP contribution < -0.4 is 10.0 Å². The Morgan fingerprint density at radius 2 is 1.65 bits per heavy atom. The minimum Gasteiger partial charge on any atom is -0.325 e. The van der Waals surface area contributed by atoms with E-state index in [1.54, 1.807) is 13.8 Å². The van der Waals surface area contributed by atoms with Crippen LogP contribution in [-0.4, -0.2) is 20.4 Å². The first-order chi connectivity index (χ1) is 12.1. The molecule has 0 bridgehead atoms. The molecule has 2 aromatic carbocycles. The van der Waals surface area contributed by atoms with E-state index in [1.165, 1.54) is 42.5 Å². The van der Waals surface area contributed by atoms with Crippen LogP contribution in [0.25, 0.3) is 0 Å². The molecule has 0 aliphatic heterocycles. The van der Waals surface area contributed by atoms with Crippen LogP contribution in [0.5, 0.6) is 0 Å². The minimum absolute atomic E-state index is 0.0893. The molecular formula is C17H17Cl2FN2O3S. The quantitative estimate of drug-likeness (QED) is 0.741. The third kappa shape index (κ3) is 5.17. The molecule has 0 heterocycles. The number of nitrogens with one attached hydrogen (secondary N) is 2. The van der Waals surface area contributed by atoms with Crippen molar-refractivity contribution < 1.29 is 17.6 Å². The van der Waals surface area contributed by atoms with Gasteiger partial charge in [0.25, 0.3) is 0 Å². The number of hydrogen-bond acceptors (Lipinski definition) is 3. The van der Waals surface area contributed by atoms with Gasteiger partial charge < -0.3 is 5.32 Å². The Morgan fingerprint density at radius 3 is 2.19 bits per heavy atom. The van der Waals surface area contributed by atoms with E-state index < -0.39 is 27.8 Å². The molecule has 2 rings (SSSR count). The molecule has 0 saturated heterocycles. The topological polar surface area (TPSA) is 75.3 Å². The number of carbonyl (C=O) groups excluding carboxylic acids is 1. The molecule has 2 N–H and O–H groups in total. The summed E-state index contributed by atoms with van der Waals surface area (Å²) in [5.74, 6) is -1.34. The largest absolute Gasteiger partial charge is 0.325 e. The smallest absolute Gasteiger partial charge is 0.242 e. The molecular weight excluding hydrogens is 402 g/mol. The molecule has 0 aliphatic rings. The maximum Gasteiger partial charge on any atom is 0.242 e. The van der Waals surface area contributed by atoms with Crippen LogP contribution >= 0.6 is 23.2 Å². The number of rotatable bonds is 6. The van der Waals surface area contributed by atoms with Gasteiger partial charge in [-0.3, -0.25) is 4.79 Å². The SMILES string of the molecule is CC(C)[C@@H](NS(=O)(=O)c1ccc(Cl)c(Cl)c1)C(=O)Nc1ccc(F)cc1. The lowest BCUT2D eigenvalue weighted by atomic mass is 10.0. The number of anilines is 1. The monoisotopic (exact) mass is 418 g/mol. The van der Waals surface area contributed by atoms with Gasteiger partial charge in [-0.25, -0.2) is 12.8 Å². The summed E-state index contributed by atoms with van der Waals surface area (Å²) in [6, 6.07) is 7.99. The highest BCUT2D eigenvalue weighted by atomic mass is 35.5. The van der Waals surface area contributed by atoms with Gasteiger partial charge in [-0.1, -0.05) is 37.0 Å². The lowest BCUT2D eigenvalue weighted by molar-refractivity contribution is -0.118. The zero-order chi connectivity index (χ0) is 19.5. The van der Waals surface area contributed by atoms with E-state index in [0.717, 1.165) is 0 Å². The van der Waals surface area contributed by atoms with E-state index in [4.69, 9.17) is 23.2 Å². The molecule has 0 spiro atoms. The summed E-state index contributed by atoms with van der Waals surface area (Å²) in [5.41, 5.74) is 0.357. The standard InChI is InChI=1S/C17H17Cl2FN2O3S/c1-10(2)16(17(23)21-12-5-3-11(20)4-6-12)22-26(24,25)13-7-8-14(18)15(19)9-13/h3-10,16,22H,1-2H3,(H,21,23)/t16-/m1/s1. The molecule has 0 saturated carbocycles. The summed E-state index contributed by atoms with van der Waals surface area (Å²) < 4.78 is 40.5. The van der Waals surface area contributed by atoms with E-state index in [1.807, 2.05) is 0 Å². The van der Waals surface area contributed by atoms with Gasteiger partial charge >= 0.3 is 0 Å². The van der Waals surface area contributed by atoms with Gasteiger partial charge in [0, 0.05) is 5.69 Å². The van der Waals surface area contributed by atoms with E-state index in [2.05, 4.69) is 10.0 Å². The van der Waals surface area contributed by atoms with Gasteiger partial charge in [-0.2, -0.15) is 4.72 Å². The van der Waals surface area contributed by atoms with E-state index in [0.29, 0.717) is 5.69 Å². The highest BCUT2D eigenvalue weighted by molar-refractivity contribution is 7.89. The fourth-order valence-corrected chi connectivity index (χ4v) is 3.86. The predicted molar refractivity (Wildman–Crippen MR) is 100 cm³/mol. The van der Waals surface area contributed by atoms with Crippen molar-refractivity contribution in [2.24, 2.45) is 5.92 Å². The summed E-state index contributed by atoms with van der Waals surface area (Å²) >= 11 is 11.7. The highest BCUT2D eigenvalue weighted by Crippen LogP contribution is 2.25. The number of amides is 1. The average Bonchev–Trinajstić information content (AvgIpc) is 2.57. The van der Waals surface area contributed by atoms with Gasteiger partial charge in [0.1, 0.15) is 11.9 Å². The molecule has 0 unspecified atom stereocenters. The minimum atomic E-state index is -4.00. The molecule has 0 radical (unpaired) electrons. The molecule has 2 aromatic rings. The molecule has 0 fully saturated rings. The van der Waals surface area contributed by atoms with Crippen LogP contribution in [0.2, 0.25) is 10.0 Å². The summed E-state index contributed by atoms with van der Waals surface area (Å²) in [4.78, 5) is 12.4. The molecule has 140 valence electrons. The number of halogens is 3. The van der Waals surface area contributed by atoms with Crippen molar-refractivity contribution in [3.05, 3.63) is 58.3 Å². The van der Waals surface area contributed by atoms with Crippen LogP contribution in [0.1, 0.15) is 13.8 Å². The first kappa shape index (κ1) is 20.6. The molecule has 5 nitrogen and oxygen atoms in total. The maximum absolute atomic E-state index is 13.0. The predicted octanol–water partition coefficient (Wildman–Crippen LogP) is 4.07. The second-order valence-corrected chi connectivity index (χ2v) is 8.44. The van der Waals surface area contributed by atoms with E-state index in [9.17, 15) is 17.6 Å². The number of sulfonamides is 1. The summed E-state index contributed by atoms with van der Waals surface area (Å²) in [7, 11) is -4.00. The highest BCUT2D eigenvalue weighted by Gasteiger charge is 2.28. The normalized spacial score (nSPS) is 12.8. The molecule has 1 atom stereocenters. The van der Waals surface area contributed by atoms with Crippen molar-refractivity contribution in [1.82, 2.24) is 4.72 Å². The average molecular weight is 419 g/mol. The third-order valence-corrected chi connectivity index (χ3v) is 5.72. The van der Waals surface area contributed by atoms with Gasteiger partial charge in [-0.05, 0) is 48.4 Å². The fraction of sp³-hybridized carbons (Fsp3) is 0.235. The number of carbonyl (C=O) groups is 1. The Bertz CT molecular complexity index is 903. The van der Waals surface area contributed by atoms with Gasteiger partial charge in [0.2, 0.25) is 15.9 Å². The van der Waals surface area contributed by atoms with Crippen molar-refractivity contribution in [2.45, 2.75) is 24.8 Å². The van der Waals surface area contributed by atoms with Crippen molar-refractivity contribution in [3.63, 3.8) is 0 Å². The van der Waals surface area contributed by atoms with Gasteiger partial charge in [0.15, 0.2) is 0 Å². The Kier molecular flexibility index (Phi) is 6.63. The lowest BCUT2D eigenvalue weighted by Gasteiger charge is -2.21. The van der Waals surface area contributed by atoms with Crippen molar-refractivity contribution in [2.75, 3.05) is 5.32 Å². The zero-order valence-electron chi connectivity index (χ0n) is 14.0. The fourth-order valence-electron chi connectivity index (χ4n) is 2.12. The Balaban J connectivity index is 2.22. The Hall–Kier alpha value is -1.67. The van der Waals surface area contributed by atoms with E-state index >= 15 is 0 Å². The van der Waals surface area contributed by atoms with Crippen molar-refractivity contribution in [1.29, 1.82) is 0 Å². The molecule has 1 amide bonds. The number of hydrogen-bond donors (Lipinski definition) is 2. The van der Waals surface area contributed by atoms with Gasteiger partial charge in [0.05, 0.1) is 14.9 Å². The maximum atomic E-state index is 13.0. The summed E-state index contributed by atoms with van der Waals surface area (Å²) in [6.45, 7) is 3.40. The first-order valence-electron chi connectivity index (χ1n) is 7.64. The van der Waals surface area contributed by atoms with Crippen LogP contribution in [0, 0.1) is 11.7 Å². The van der Waals surface area contributed by atoms with Crippen LogP contribution in [-0.2, 0) is 14.8 Å². The van der Waals surface area contributed by atoms with Crippen LogP contribution in [0.4, 0.5) is 10.1 Å². The summed E-state index contributed by atoms with van der Waals surface area (Å²) in [6.07, 6.45) is 0. The van der Waals surface area contributed by atoms with Crippen molar-refractivity contribution >= 4 is 44.8 Å². The second kappa shape index (κ2) is 8.35. The molecule has 26 heavy (non-hydrogen) atoms. The molecule has 9 heteroatoms. The number of benzene rings is 2.